The predicted molar refractivity (Wildman–Crippen MR) is 57.6 cm³/mol. The van der Waals surface area contributed by atoms with Gasteiger partial charge in [0.2, 0.25) is 0 Å². The summed E-state index contributed by atoms with van der Waals surface area (Å²) in [6.45, 7) is 0. The van der Waals surface area contributed by atoms with Gasteiger partial charge in [0.15, 0.2) is 0 Å². The highest BCUT2D eigenvalue weighted by atomic mass is 32.1. The van der Waals surface area contributed by atoms with E-state index in [1.54, 1.807) is 0 Å². The van der Waals surface area contributed by atoms with Gasteiger partial charge in [-0.1, -0.05) is 19.3 Å². The van der Waals surface area contributed by atoms with E-state index < -0.39 is 0 Å². The van der Waals surface area contributed by atoms with Crippen LogP contribution in [0, 0.1) is 5.92 Å². The fourth-order valence-electron chi connectivity index (χ4n) is 2.05. The first-order valence-corrected chi connectivity index (χ1v) is 5.82. The van der Waals surface area contributed by atoms with E-state index in [9.17, 15) is 0 Å². The Hall–Kier alpha value is 0.310. The molecule has 2 heteroatoms. The minimum atomic E-state index is 0.479. The molecule has 1 fully saturated rings. The van der Waals surface area contributed by atoms with Crippen molar-refractivity contribution in [2.45, 2.75) is 51.0 Å². The molecular formula is C10H21NS. The maximum atomic E-state index is 5.94. The Morgan fingerprint density at radius 3 is 2.58 bits per heavy atom. The van der Waals surface area contributed by atoms with Crippen molar-refractivity contribution >= 4 is 12.6 Å². The highest BCUT2D eigenvalue weighted by Crippen LogP contribution is 2.24. The molecule has 1 nitrogen and oxygen atoms in total. The Labute approximate surface area is 81.5 Å². The lowest BCUT2D eigenvalue weighted by molar-refractivity contribution is 0.349. The van der Waals surface area contributed by atoms with Crippen molar-refractivity contribution in [1.29, 1.82) is 0 Å². The number of hydrogen-bond acceptors (Lipinski definition) is 2. The quantitative estimate of drug-likeness (QED) is 0.639. The Bertz CT molecular complexity index is 116. The summed E-state index contributed by atoms with van der Waals surface area (Å²) < 4.78 is 0. The van der Waals surface area contributed by atoms with E-state index in [1.165, 1.54) is 44.9 Å². The Morgan fingerprint density at radius 2 is 1.83 bits per heavy atom. The number of thiol groups is 1. The minimum Gasteiger partial charge on any atom is -0.328 e. The maximum Gasteiger partial charge on any atom is 0.00389 e. The number of rotatable bonds is 2. The third kappa shape index (κ3) is 3.81. The Kier molecular flexibility index (Phi) is 5.08. The number of nitrogens with two attached hydrogens (primary N) is 1. The van der Waals surface area contributed by atoms with E-state index in [1.807, 2.05) is 0 Å². The summed E-state index contributed by atoms with van der Waals surface area (Å²) in [4.78, 5) is 0. The minimum absolute atomic E-state index is 0.479. The zero-order chi connectivity index (χ0) is 8.81. The predicted octanol–water partition coefficient (Wildman–Crippen LogP) is 2.60. The summed E-state index contributed by atoms with van der Waals surface area (Å²) >= 11 is 4.28. The van der Waals surface area contributed by atoms with Gasteiger partial charge in [-0.15, -0.1) is 0 Å². The summed E-state index contributed by atoms with van der Waals surface area (Å²) in [6.07, 6.45) is 9.23. The molecule has 1 rings (SSSR count). The lowest BCUT2D eigenvalue weighted by Gasteiger charge is -2.22. The molecule has 2 unspecified atom stereocenters. The molecule has 1 aliphatic carbocycles. The van der Waals surface area contributed by atoms with E-state index in [4.69, 9.17) is 5.73 Å². The molecule has 72 valence electrons. The summed E-state index contributed by atoms with van der Waals surface area (Å²) in [5.41, 5.74) is 5.94. The van der Waals surface area contributed by atoms with Crippen molar-refractivity contribution in [3.63, 3.8) is 0 Å². The van der Waals surface area contributed by atoms with Gasteiger partial charge in [-0.3, -0.25) is 0 Å². The van der Waals surface area contributed by atoms with Gasteiger partial charge in [0.25, 0.3) is 0 Å². The number of hydrogen-bond donors (Lipinski definition) is 2. The lowest BCUT2D eigenvalue weighted by Crippen LogP contribution is -2.22. The standard InChI is InChI=1S/C10H21NS/c11-10-4-2-1-3-9(5-6-10)7-8-12/h9-10,12H,1-8,11H2. The monoisotopic (exact) mass is 187 g/mol. The highest BCUT2D eigenvalue weighted by Gasteiger charge is 2.13. The van der Waals surface area contributed by atoms with Crippen LogP contribution in [-0.2, 0) is 0 Å². The first-order chi connectivity index (χ1) is 5.83. The van der Waals surface area contributed by atoms with Gasteiger partial charge in [-0.2, -0.15) is 12.6 Å². The largest absolute Gasteiger partial charge is 0.328 e. The van der Waals surface area contributed by atoms with Crippen molar-refractivity contribution in [1.82, 2.24) is 0 Å². The normalized spacial score (nSPS) is 32.5. The fraction of sp³-hybridized carbons (Fsp3) is 1.00. The summed E-state index contributed by atoms with van der Waals surface area (Å²) in [6, 6.07) is 0.479. The van der Waals surface area contributed by atoms with Gasteiger partial charge in [-0.05, 0) is 37.4 Å². The topological polar surface area (TPSA) is 26.0 Å². The molecule has 0 aliphatic heterocycles. The van der Waals surface area contributed by atoms with E-state index >= 15 is 0 Å². The molecule has 12 heavy (non-hydrogen) atoms. The molecule has 1 saturated carbocycles. The lowest BCUT2D eigenvalue weighted by atomic mass is 9.88. The van der Waals surface area contributed by atoms with Crippen LogP contribution in [0.15, 0.2) is 0 Å². The second-order valence-corrected chi connectivity index (χ2v) is 4.45. The van der Waals surface area contributed by atoms with E-state index in [0.29, 0.717) is 6.04 Å². The van der Waals surface area contributed by atoms with Gasteiger partial charge in [0.1, 0.15) is 0 Å². The zero-order valence-corrected chi connectivity index (χ0v) is 8.73. The Morgan fingerprint density at radius 1 is 1.08 bits per heavy atom. The molecule has 1 aliphatic rings. The van der Waals surface area contributed by atoms with Crippen LogP contribution in [0.5, 0.6) is 0 Å². The van der Waals surface area contributed by atoms with Crippen LogP contribution < -0.4 is 5.73 Å². The average molecular weight is 187 g/mol. The van der Waals surface area contributed by atoms with Gasteiger partial charge in [-0.25, -0.2) is 0 Å². The van der Waals surface area contributed by atoms with Crippen molar-refractivity contribution < 1.29 is 0 Å². The first-order valence-electron chi connectivity index (χ1n) is 5.19. The second-order valence-electron chi connectivity index (χ2n) is 4.00. The van der Waals surface area contributed by atoms with Crippen LogP contribution in [0.2, 0.25) is 0 Å². The van der Waals surface area contributed by atoms with Gasteiger partial charge >= 0.3 is 0 Å². The Balaban J connectivity index is 2.24. The summed E-state index contributed by atoms with van der Waals surface area (Å²) in [5, 5.41) is 0. The molecule has 0 aromatic carbocycles. The van der Waals surface area contributed by atoms with Gasteiger partial charge < -0.3 is 5.73 Å². The van der Waals surface area contributed by atoms with Crippen molar-refractivity contribution in [2.75, 3.05) is 5.75 Å². The molecule has 0 bridgehead atoms. The molecule has 0 aromatic heterocycles. The molecular weight excluding hydrogens is 166 g/mol. The van der Waals surface area contributed by atoms with Crippen LogP contribution in [0.1, 0.15) is 44.9 Å². The van der Waals surface area contributed by atoms with Gasteiger partial charge in [0.05, 0.1) is 0 Å². The maximum absolute atomic E-state index is 5.94. The first kappa shape index (κ1) is 10.4. The van der Waals surface area contributed by atoms with Crippen molar-refractivity contribution in [3.8, 4) is 0 Å². The van der Waals surface area contributed by atoms with Crippen molar-refractivity contribution in [2.24, 2.45) is 11.7 Å². The average Bonchev–Trinajstić information content (AvgIpc) is 2.04. The van der Waals surface area contributed by atoms with Gasteiger partial charge in [0, 0.05) is 6.04 Å². The molecule has 2 N–H and O–H groups in total. The van der Waals surface area contributed by atoms with E-state index in [0.717, 1.165) is 11.7 Å². The zero-order valence-electron chi connectivity index (χ0n) is 7.84. The molecule has 0 radical (unpaired) electrons. The molecule has 0 heterocycles. The summed E-state index contributed by atoms with van der Waals surface area (Å²) in [5.74, 6) is 1.95. The fourth-order valence-corrected chi connectivity index (χ4v) is 2.41. The third-order valence-electron chi connectivity index (χ3n) is 2.92. The van der Waals surface area contributed by atoms with Crippen LogP contribution in [0.3, 0.4) is 0 Å². The second kappa shape index (κ2) is 5.87. The molecule has 0 aromatic rings. The SMILES string of the molecule is NC1CCCCC(CCS)CC1. The smallest absolute Gasteiger partial charge is 0.00389 e. The van der Waals surface area contributed by atoms with E-state index in [-0.39, 0.29) is 0 Å². The summed E-state index contributed by atoms with van der Waals surface area (Å²) in [7, 11) is 0. The molecule has 0 saturated heterocycles. The molecule has 0 spiro atoms. The van der Waals surface area contributed by atoms with Crippen LogP contribution in [0.4, 0.5) is 0 Å². The van der Waals surface area contributed by atoms with Crippen molar-refractivity contribution in [3.05, 3.63) is 0 Å². The highest BCUT2D eigenvalue weighted by molar-refractivity contribution is 7.80. The van der Waals surface area contributed by atoms with Crippen LogP contribution in [-0.4, -0.2) is 11.8 Å². The van der Waals surface area contributed by atoms with Crippen LogP contribution >= 0.6 is 12.6 Å². The van der Waals surface area contributed by atoms with Crippen LogP contribution in [0.25, 0.3) is 0 Å². The molecule has 0 amide bonds. The third-order valence-corrected chi connectivity index (χ3v) is 3.18. The van der Waals surface area contributed by atoms with E-state index in [2.05, 4.69) is 12.6 Å². The molecule has 2 atom stereocenters.